The van der Waals surface area contributed by atoms with E-state index < -0.39 is 24.0 Å². The number of ether oxygens (including phenoxy) is 1. The molecule has 0 saturated carbocycles. The van der Waals surface area contributed by atoms with Gasteiger partial charge in [-0.2, -0.15) is 0 Å². The molecule has 0 bridgehead atoms. The van der Waals surface area contributed by atoms with E-state index in [1.807, 2.05) is 4.90 Å². The van der Waals surface area contributed by atoms with E-state index in [9.17, 15) is 17.6 Å². The summed E-state index contributed by atoms with van der Waals surface area (Å²) in [6.07, 6.45) is -3.37. The van der Waals surface area contributed by atoms with Crippen LogP contribution in [-0.4, -0.2) is 37.4 Å². The predicted molar refractivity (Wildman–Crippen MR) is 85.3 cm³/mol. The van der Waals surface area contributed by atoms with E-state index in [0.717, 1.165) is 18.2 Å². The average Bonchev–Trinajstić information content (AvgIpc) is 3.04. The van der Waals surface area contributed by atoms with Crippen LogP contribution in [-0.2, 0) is 0 Å². The molecule has 2 aromatic rings. The van der Waals surface area contributed by atoms with Crippen LogP contribution in [0.4, 0.5) is 17.6 Å². The molecule has 2 heterocycles. The molecule has 1 atom stereocenters. The van der Waals surface area contributed by atoms with Crippen LogP contribution in [0, 0.1) is 5.82 Å². The molecule has 1 aromatic carbocycles. The van der Waals surface area contributed by atoms with Crippen LogP contribution in [0.15, 0.2) is 41.0 Å². The van der Waals surface area contributed by atoms with E-state index in [-0.39, 0.29) is 18.0 Å². The van der Waals surface area contributed by atoms with Gasteiger partial charge in [-0.25, -0.2) is 4.39 Å². The molecule has 0 amide bonds. The van der Waals surface area contributed by atoms with Gasteiger partial charge in [0.2, 0.25) is 0 Å². The highest BCUT2D eigenvalue weighted by atomic mass is 35.5. The number of hydrogen-bond donors (Lipinski definition) is 1. The number of halogens is 5. The SMILES string of the molecule is Cl.Fc1ccc(OC(F)(F)F)cc1[C@@H](c1ccco1)N1CCNCC1. The van der Waals surface area contributed by atoms with E-state index >= 15 is 0 Å². The van der Waals surface area contributed by atoms with Crippen molar-refractivity contribution in [2.75, 3.05) is 26.2 Å². The first-order valence-electron chi connectivity index (χ1n) is 7.47. The fraction of sp³-hybridized carbons (Fsp3) is 0.375. The molecule has 138 valence electrons. The topological polar surface area (TPSA) is 37.6 Å². The number of furan rings is 1. The minimum Gasteiger partial charge on any atom is -0.467 e. The summed E-state index contributed by atoms with van der Waals surface area (Å²) < 4.78 is 61.1. The third-order valence-electron chi connectivity index (χ3n) is 3.83. The first-order valence-corrected chi connectivity index (χ1v) is 7.47. The van der Waals surface area contributed by atoms with Gasteiger partial charge in [0.1, 0.15) is 17.3 Å². The summed E-state index contributed by atoms with van der Waals surface area (Å²) in [6, 6.07) is 5.76. The van der Waals surface area contributed by atoms with Crippen molar-refractivity contribution < 1.29 is 26.7 Å². The van der Waals surface area contributed by atoms with Crippen molar-refractivity contribution in [2.45, 2.75) is 12.4 Å². The summed E-state index contributed by atoms with van der Waals surface area (Å²) in [5.74, 6) is -0.588. The highest BCUT2D eigenvalue weighted by Crippen LogP contribution is 2.34. The minimum absolute atomic E-state index is 0. The second-order valence-electron chi connectivity index (χ2n) is 5.44. The summed E-state index contributed by atoms with van der Waals surface area (Å²) >= 11 is 0. The number of piperazine rings is 1. The normalized spacial score (nSPS) is 17.0. The van der Waals surface area contributed by atoms with Gasteiger partial charge in [0.15, 0.2) is 0 Å². The maximum Gasteiger partial charge on any atom is 0.573 e. The molecular formula is C16H17ClF4N2O2. The van der Waals surface area contributed by atoms with Gasteiger partial charge in [0, 0.05) is 31.7 Å². The van der Waals surface area contributed by atoms with Crippen LogP contribution in [0.5, 0.6) is 5.75 Å². The fourth-order valence-electron chi connectivity index (χ4n) is 2.85. The monoisotopic (exact) mass is 380 g/mol. The second-order valence-corrected chi connectivity index (χ2v) is 5.44. The Labute approximate surface area is 148 Å². The van der Waals surface area contributed by atoms with E-state index in [0.29, 0.717) is 31.9 Å². The zero-order chi connectivity index (χ0) is 17.2. The zero-order valence-corrected chi connectivity index (χ0v) is 13.9. The first kappa shape index (κ1) is 19.6. The van der Waals surface area contributed by atoms with E-state index in [4.69, 9.17) is 4.42 Å². The summed E-state index contributed by atoms with van der Waals surface area (Å²) in [5.41, 5.74) is 0.0913. The second kappa shape index (κ2) is 8.07. The van der Waals surface area contributed by atoms with Crippen LogP contribution in [0.1, 0.15) is 17.4 Å². The van der Waals surface area contributed by atoms with E-state index in [1.54, 1.807) is 12.1 Å². The Morgan fingerprint density at radius 2 is 1.88 bits per heavy atom. The molecule has 4 nitrogen and oxygen atoms in total. The van der Waals surface area contributed by atoms with Gasteiger partial charge in [-0.1, -0.05) is 0 Å². The highest BCUT2D eigenvalue weighted by molar-refractivity contribution is 5.85. The summed E-state index contributed by atoms with van der Waals surface area (Å²) in [5, 5.41) is 3.18. The Kier molecular flexibility index (Phi) is 6.31. The van der Waals surface area contributed by atoms with Crippen LogP contribution in [0.3, 0.4) is 0 Å². The van der Waals surface area contributed by atoms with Crippen LogP contribution in [0.25, 0.3) is 0 Å². The molecule has 1 saturated heterocycles. The van der Waals surface area contributed by atoms with Crippen LogP contribution in [0.2, 0.25) is 0 Å². The Hall–Kier alpha value is -1.77. The summed E-state index contributed by atoms with van der Waals surface area (Å²) in [4.78, 5) is 1.96. The van der Waals surface area contributed by atoms with Gasteiger partial charge in [0.05, 0.1) is 12.3 Å². The van der Waals surface area contributed by atoms with Crippen molar-refractivity contribution in [3.63, 3.8) is 0 Å². The lowest BCUT2D eigenvalue weighted by Crippen LogP contribution is -2.45. The largest absolute Gasteiger partial charge is 0.573 e. The predicted octanol–water partition coefficient (Wildman–Crippen LogP) is 3.73. The van der Waals surface area contributed by atoms with Gasteiger partial charge >= 0.3 is 6.36 Å². The molecule has 1 aliphatic rings. The van der Waals surface area contributed by atoms with E-state index in [1.165, 1.54) is 6.26 Å². The molecule has 0 radical (unpaired) electrons. The molecule has 1 aliphatic heterocycles. The van der Waals surface area contributed by atoms with Gasteiger partial charge in [0.25, 0.3) is 0 Å². The molecule has 0 spiro atoms. The summed E-state index contributed by atoms with van der Waals surface area (Å²) in [7, 11) is 0. The molecule has 3 rings (SSSR count). The lowest BCUT2D eigenvalue weighted by molar-refractivity contribution is -0.274. The average molecular weight is 381 g/mol. The summed E-state index contributed by atoms with van der Waals surface area (Å²) in [6.45, 7) is 2.65. The van der Waals surface area contributed by atoms with Crippen molar-refractivity contribution in [3.05, 3.63) is 53.7 Å². The third kappa shape index (κ3) is 4.87. The van der Waals surface area contributed by atoms with Gasteiger partial charge < -0.3 is 14.5 Å². The molecule has 9 heteroatoms. The lowest BCUT2D eigenvalue weighted by Gasteiger charge is -2.34. The number of nitrogens with zero attached hydrogens (tertiary/aromatic N) is 1. The minimum atomic E-state index is -4.83. The van der Waals surface area contributed by atoms with Gasteiger partial charge in [-0.3, -0.25) is 4.90 Å². The Balaban J connectivity index is 0.00000225. The van der Waals surface area contributed by atoms with Crippen molar-refractivity contribution in [1.82, 2.24) is 10.2 Å². The van der Waals surface area contributed by atoms with E-state index in [2.05, 4.69) is 10.1 Å². The smallest absolute Gasteiger partial charge is 0.467 e. The molecule has 25 heavy (non-hydrogen) atoms. The quantitative estimate of drug-likeness (QED) is 0.820. The number of hydrogen-bond acceptors (Lipinski definition) is 4. The molecule has 1 aromatic heterocycles. The van der Waals surface area contributed by atoms with Crippen molar-refractivity contribution in [3.8, 4) is 5.75 Å². The first-order chi connectivity index (χ1) is 11.4. The van der Waals surface area contributed by atoms with Crippen molar-refractivity contribution >= 4 is 12.4 Å². The molecule has 1 fully saturated rings. The zero-order valence-electron chi connectivity index (χ0n) is 13.1. The standard InChI is InChI=1S/C16H16F4N2O2.ClH/c17-13-4-3-11(24-16(18,19)20)10-12(13)15(14-2-1-9-23-14)22-7-5-21-6-8-22;/h1-4,9-10,15,21H,5-8H2;1H/t15-;/m0./s1. The number of nitrogens with one attached hydrogen (secondary N) is 1. The number of rotatable bonds is 4. The molecule has 1 N–H and O–H groups in total. The number of benzene rings is 1. The lowest BCUT2D eigenvalue weighted by atomic mass is 10.0. The molecule has 0 aliphatic carbocycles. The third-order valence-corrected chi connectivity index (χ3v) is 3.83. The van der Waals surface area contributed by atoms with Crippen molar-refractivity contribution in [1.29, 1.82) is 0 Å². The Morgan fingerprint density at radius 3 is 2.48 bits per heavy atom. The number of alkyl halides is 3. The fourth-order valence-corrected chi connectivity index (χ4v) is 2.85. The van der Waals surface area contributed by atoms with Crippen LogP contribution >= 0.6 is 12.4 Å². The maximum absolute atomic E-state index is 14.4. The highest BCUT2D eigenvalue weighted by Gasteiger charge is 2.33. The maximum atomic E-state index is 14.4. The van der Waals surface area contributed by atoms with Gasteiger partial charge in [-0.15, -0.1) is 25.6 Å². The van der Waals surface area contributed by atoms with Gasteiger partial charge in [-0.05, 0) is 30.3 Å². The van der Waals surface area contributed by atoms with Crippen LogP contribution < -0.4 is 10.1 Å². The molecule has 0 unspecified atom stereocenters. The molecular weight excluding hydrogens is 364 g/mol. The van der Waals surface area contributed by atoms with Crippen molar-refractivity contribution in [2.24, 2.45) is 0 Å². The Bertz CT molecular complexity index is 673. The Morgan fingerprint density at radius 1 is 1.16 bits per heavy atom.